The van der Waals surface area contributed by atoms with Crippen molar-refractivity contribution in [2.45, 2.75) is 46.3 Å². The predicted octanol–water partition coefficient (Wildman–Crippen LogP) is 2.07. The SMILES string of the molecule is CCCC(C)Oc1ncc(CNC)c(C)n1. The fraction of sp³-hybridized carbons (Fsp3) is 0.667. The van der Waals surface area contributed by atoms with Gasteiger partial charge in [0.25, 0.3) is 0 Å². The monoisotopic (exact) mass is 223 g/mol. The lowest BCUT2D eigenvalue weighted by atomic mass is 10.2. The van der Waals surface area contributed by atoms with Crippen LogP contribution >= 0.6 is 0 Å². The maximum Gasteiger partial charge on any atom is 0.316 e. The minimum atomic E-state index is 0.180. The Hall–Kier alpha value is -1.16. The van der Waals surface area contributed by atoms with Crippen LogP contribution in [0.4, 0.5) is 0 Å². The number of aryl methyl sites for hydroxylation is 1. The van der Waals surface area contributed by atoms with E-state index in [4.69, 9.17) is 4.74 Å². The quantitative estimate of drug-likeness (QED) is 0.802. The van der Waals surface area contributed by atoms with Crippen molar-refractivity contribution in [1.82, 2.24) is 15.3 Å². The Bertz CT molecular complexity index is 328. The summed E-state index contributed by atoms with van der Waals surface area (Å²) in [5.74, 6) is 0. The second-order valence-corrected chi connectivity index (χ2v) is 4.01. The highest BCUT2D eigenvalue weighted by atomic mass is 16.5. The van der Waals surface area contributed by atoms with Crippen LogP contribution in [0.5, 0.6) is 6.01 Å². The summed E-state index contributed by atoms with van der Waals surface area (Å²) in [6, 6.07) is 0.485. The van der Waals surface area contributed by atoms with Crippen molar-refractivity contribution in [3.63, 3.8) is 0 Å². The Morgan fingerprint density at radius 2 is 2.25 bits per heavy atom. The van der Waals surface area contributed by atoms with Crippen LogP contribution in [0.1, 0.15) is 37.9 Å². The highest BCUT2D eigenvalue weighted by Crippen LogP contribution is 2.11. The van der Waals surface area contributed by atoms with Crippen molar-refractivity contribution in [3.8, 4) is 6.01 Å². The molecule has 0 saturated carbocycles. The summed E-state index contributed by atoms with van der Waals surface area (Å²) >= 11 is 0. The summed E-state index contributed by atoms with van der Waals surface area (Å²) in [4.78, 5) is 8.55. The van der Waals surface area contributed by atoms with E-state index in [1.807, 2.05) is 27.1 Å². The largest absolute Gasteiger partial charge is 0.460 e. The van der Waals surface area contributed by atoms with E-state index in [-0.39, 0.29) is 6.10 Å². The molecule has 1 aromatic rings. The summed E-state index contributed by atoms with van der Waals surface area (Å²) in [5, 5.41) is 3.08. The van der Waals surface area contributed by atoms with Crippen LogP contribution < -0.4 is 10.1 Å². The van der Waals surface area contributed by atoms with Gasteiger partial charge in [0.05, 0.1) is 6.10 Å². The zero-order valence-corrected chi connectivity index (χ0v) is 10.6. The Labute approximate surface area is 97.5 Å². The zero-order chi connectivity index (χ0) is 12.0. The Kier molecular flexibility index (Phi) is 5.19. The van der Waals surface area contributed by atoms with Gasteiger partial charge >= 0.3 is 6.01 Å². The smallest absolute Gasteiger partial charge is 0.316 e. The second-order valence-electron chi connectivity index (χ2n) is 4.01. The van der Waals surface area contributed by atoms with Crippen molar-refractivity contribution in [2.75, 3.05) is 7.05 Å². The minimum absolute atomic E-state index is 0.180. The zero-order valence-electron chi connectivity index (χ0n) is 10.6. The first-order valence-electron chi connectivity index (χ1n) is 5.81. The topological polar surface area (TPSA) is 47.0 Å². The molecule has 1 unspecified atom stereocenters. The van der Waals surface area contributed by atoms with Crippen LogP contribution in [0, 0.1) is 6.92 Å². The van der Waals surface area contributed by atoms with Crippen molar-refractivity contribution < 1.29 is 4.74 Å². The fourth-order valence-electron chi connectivity index (χ4n) is 1.54. The number of rotatable bonds is 6. The molecule has 16 heavy (non-hydrogen) atoms. The van der Waals surface area contributed by atoms with E-state index in [2.05, 4.69) is 22.2 Å². The molecule has 1 heterocycles. The number of ether oxygens (including phenoxy) is 1. The third kappa shape index (κ3) is 3.77. The average molecular weight is 223 g/mol. The molecule has 0 aromatic carbocycles. The standard InChI is InChI=1S/C12H21N3O/c1-5-6-9(2)16-12-14-8-11(7-13-4)10(3)15-12/h8-9,13H,5-7H2,1-4H3. The van der Waals surface area contributed by atoms with Gasteiger partial charge in [-0.15, -0.1) is 0 Å². The summed E-state index contributed by atoms with van der Waals surface area (Å²) in [6.45, 7) is 6.95. The molecule has 90 valence electrons. The summed E-state index contributed by atoms with van der Waals surface area (Å²) in [7, 11) is 1.91. The predicted molar refractivity (Wildman–Crippen MR) is 64.5 cm³/mol. The van der Waals surface area contributed by atoms with Crippen LogP contribution in [0.3, 0.4) is 0 Å². The molecule has 1 atom stereocenters. The molecule has 0 radical (unpaired) electrons. The molecule has 0 fully saturated rings. The van der Waals surface area contributed by atoms with Gasteiger partial charge in [-0.1, -0.05) is 13.3 Å². The van der Waals surface area contributed by atoms with E-state index in [1.165, 1.54) is 0 Å². The number of hydrogen-bond acceptors (Lipinski definition) is 4. The number of nitrogens with zero attached hydrogens (tertiary/aromatic N) is 2. The van der Waals surface area contributed by atoms with Gasteiger partial charge in [0.1, 0.15) is 0 Å². The molecule has 0 spiro atoms. The number of nitrogens with one attached hydrogen (secondary N) is 1. The molecule has 1 aromatic heterocycles. The van der Waals surface area contributed by atoms with Gasteiger partial charge < -0.3 is 10.1 Å². The number of hydrogen-bond donors (Lipinski definition) is 1. The van der Waals surface area contributed by atoms with E-state index in [9.17, 15) is 0 Å². The first-order valence-corrected chi connectivity index (χ1v) is 5.81. The Morgan fingerprint density at radius 1 is 1.50 bits per heavy atom. The average Bonchev–Trinajstić information content (AvgIpc) is 2.22. The maximum absolute atomic E-state index is 5.63. The molecule has 4 heteroatoms. The molecule has 0 bridgehead atoms. The molecule has 1 N–H and O–H groups in total. The van der Waals surface area contributed by atoms with Crippen molar-refractivity contribution in [3.05, 3.63) is 17.5 Å². The lowest BCUT2D eigenvalue weighted by Gasteiger charge is -2.13. The molecule has 4 nitrogen and oxygen atoms in total. The van der Waals surface area contributed by atoms with Crippen molar-refractivity contribution in [1.29, 1.82) is 0 Å². The molecule has 0 aliphatic rings. The van der Waals surface area contributed by atoms with Crippen molar-refractivity contribution >= 4 is 0 Å². The van der Waals surface area contributed by atoms with Crippen molar-refractivity contribution in [2.24, 2.45) is 0 Å². The molecule has 0 amide bonds. The van der Waals surface area contributed by atoms with E-state index in [1.54, 1.807) is 0 Å². The minimum Gasteiger partial charge on any atom is -0.460 e. The first kappa shape index (κ1) is 12.9. The molecular formula is C12H21N3O. The Morgan fingerprint density at radius 3 is 2.81 bits per heavy atom. The fourth-order valence-corrected chi connectivity index (χ4v) is 1.54. The molecule has 1 rings (SSSR count). The third-order valence-electron chi connectivity index (χ3n) is 2.43. The van der Waals surface area contributed by atoms with Gasteiger partial charge in [-0.05, 0) is 27.3 Å². The van der Waals surface area contributed by atoms with Gasteiger partial charge in [-0.2, -0.15) is 0 Å². The molecule has 0 aliphatic heterocycles. The van der Waals surface area contributed by atoms with E-state index in [0.29, 0.717) is 6.01 Å². The van der Waals surface area contributed by atoms with Crippen LogP contribution in [0.2, 0.25) is 0 Å². The first-order chi connectivity index (χ1) is 7.67. The highest BCUT2D eigenvalue weighted by molar-refractivity contribution is 5.17. The van der Waals surface area contributed by atoms with Crippen LogP contribution in [0.15, 0.2) is 6.20 Å². The van der Waals surface area contributed by atoms with Crippen LogP contribution in [0.25, 0.3) is 0 Å². The summed E-state index contributed by atoms with van der Waals surface area (Å²) in [6.07, 6.45) is 4.14. The molecule has 0 saturated heterocycles. The lowest BCUT2D eigenvalue weighted by molar-refractivity contribution is 0.192. The van der Waals surface area contributed by atoms with E-state index in [0.717, 1.165) is 30.6 Å². The lowest BCUT2D eigenvalue weighted by Crippen LogP contribution is -2.14. The highest BCUT2D eigenvalue weighted by Gasteiger charge is 2.07. The molecule has 0 aliphatic carbocycles. The van der Waals surface area contributed by atoms with Gasteiger partial charge in [0.2, 0.25) is 0 Å². The maximum atomic E-state index is 5.63. The summed E-state index contributed by atoms with van der Waals surface area (Å²) < 4.78 is 5.63. The van der Waals surface area contributed by atoms with E-state index >= 15 is 0 Å². The second kappa shape index (κ2) is 6.43. The molecular weight excluding hydrogens is 202 g/mol. The van der Waals surface area contributed by atoms with Gasteiger partial charge in [0.15, 0.2) is 0 Å². The Balaban J connectivity index is 2.65. The summed E-state index contributed by atoms with van der Waals surface area (Å²) in [5.41, 5.74) is 2.08. The van der Waals surface area contributed by atoms with Gasteiger partial charge in [-0.3, -0.25) is 0 Å². The van der Waals surface area contributed by atoms with Crippen LogP contribution in [-0.4, -0.2) is 23.1 Å². The number of aromatic nitrogens is 2. The third-order valence-corrected chi connectivity index (χ3v) is 2.43. The van der Waals surface area contributed by atoms with Crippen LogP contribution in [-0.2, 0) is 6.54 Å². The van der Waals surface area contributed by atoms with Gasteiger partial charge in [0, 0.05) is 24.0 Å². The van der Waals surface area contributed by atoms with Gasteiger partial charge in [-0.25, -0.2) is 9.97 Å². The normalized spacial score (nSPS) is 12.5. The van der Waals surface area contributed by atoms with E-state index < -0.39 is 0 Å².